The van der Waals surface area contributed by atoms with Gasteiger partial charge in [-0.2, -0.15) is 0 Å². The number of amides is 1. The molecule has 26 heavy (non-hydrogen) atoms. The second kappa shape index (κ2) is 9.43. The van der Waals surface area contributed by atoms with E-state index < -0.39 is 0 Å². The summed E-state index contributed by atoms with van der Waals surface area (Å²) >= 11 is 7.41. The van der Waals surface area contributed by atoms with Crippen LogP contribution in [-0.4, -0.2) is 29.0 Å². The van der Waals surface area contributed by atoms with Crippen molar-refractivity contribution in [2.24, 2.45) is 0 Å². The number of anilines is 1. The third kappa shape index (κ3) is 5.49. The van der Waals surface area contributed by atoms with E-state index in [0.29, 0.717) is 10.7 Å². The number of halogens is 1. The van der Waals surface area contributed by atoms with Gasteiger partial charge in [-0.1, -0.05) is 30.7 Å². The molecule has 0 aliphatic carbocycles. The number of carbonyl (C=O) groups excluding carboxylic acids is 1. The molecular weight excluding hydrogens is 457 g/mol. The van der Waals surface area contributed by atoms with Gasteiger partial charge in [0.2, 0.25) is 0 Å². The van der Waals surface area contributed by atoms with Gasteiger partial charge in [-0.25, -0.2) is 0 Å². The second-order valence-corrected chi connectivity index (χ2v) is 7.99. The van der Waals surface area contributed by atoms with Crippen LogP contribution in [0.3, 0.4) is 0 Å². The minimum absolute atomic E-state index is 0.200. The highest BCUT2D eigenvalue weighted by Gasteiger charge is 2.12. The molecule has 2 N–H and O–H groups in total. The van der Waals surface area contributed by atoms with E-state index in [1.807, 2.05) is 30.3 Å². The largest absolute Gasteiger partial charge is 0.332 e. The van der Waals surface area contributed by atoms with Crippen LogP contribution >= 0.6 is 34.8 Å². The Balaban J connectivity index is 1.52. The van der Waals surface area contributed by atoms with Crippen molar-refractivity contribution in [3.05, 3.63) is 63.2 Å². The fourth-order valence-corrected chi connectivity index (χ4v) is 3.89. The Kier molecular flexibility index (Phi) is 6.99. The molecule has 1 aliphatic heterocycles. The molecule has 0 saturated carbocycles. The Bertz CT molecular complexity index is 773. The summed E-state index contributed by atoms with van der Waals surface area (Å²) in [6.07, 6.45) is 3.95. The van der Waals surface area contributed by atoms with Crippen molar-refractivity contribution in [2.75, 3.05) is 18.4 Å². The molecule has 2 aromatic rings. The van der Waals surface area contributed by atoms with Crippen LogP contribution in [0.15, 0.2) is 48.5 Å². The number of thiocarbonyl (C=S) groups is 1. The topological polar surface area (TPSA) is 44.4 Å². The summed E-state index contributed by atoms with van der Waals surface area (Å²) < 4.78 is 0.896. The summed E-state index contributed by atoms with van der Waals surface area (Å²) in [7, 11) is 0. The molecule has 0 radical (unpaired) electrons. The highest BCUT2D eigenvalue weighted by Crippen LogP contribution is 2.15. The third-order valence-corrected chi connectivity index (χ3v) is 5.56. The Labute approximate surface area is 173 Å². The summed E-state index contributed by atoms with van der Waals surface area (Å²) in [4.78, 5) is 14.8. The smallest absolute Gasteiger partial charge is 0.258 e. The first-order chi connectivity index (χ1) is 12.6. The van der Waals surface area contributed by atoms with Gasteiger partial charge in [-0.15, -0.1) is 0 Å². The number of benzene rings is 2. The maximum absolute atomic E-state index is 12.3. The van der Waals surface area contributed by atoms with E-state index in [2.05, 4.69) is 50.3 Å². The van der Waals surface area contributed by atoms with Crippen LogP contribution in [0.4, 0.5) is 5.69 Å². The normalized spacial score (nSPS) is 14.7. The van der Waals surface area contributed by atoms with Crippen molar-refractivity contribution >= 4 is 51.5 Å². The zero-order valence-electron chi connectivity index (χ0n) is 14.5. The summed E-state index contributed by atoms with van der Waals surface area (Å²) in [6, 6.07) is 15.7. The van der Waals surface area contributed by atoms with Crippen LogP contribution in [0.25, 0.3) is 0 Å². The zero-order valence-corrected chi connectivity index (χ0v) is 17.5. The molecule has 0 atom stereocenters. The zero-order chi connectivity index (χ0) is 18.4. The molecule has 0 unspecified atom stereocenters. The van der Waals surface area contributed by atoms with Gasteiger partial charge >= 0.3 is 0 Å². The maximum atomic E-state index is 12.3. The van der Waals surface area contributed by atoms with Gasteiger partial charge in [-0.05, 0) is 90.6 Å². The molecule has 2 aromatic carbocycles. The van der Waals surface area contributed by atoms with E-state index in [1.165, 1.54) is 37.9 Å². The number of nitrogens with one attached hydrogen (secondary N) is 2. The molecule has 0 aromatic heterocycles. The summed E-state index contributed by atoms with van der Waals surface area (Å²) in [5.74, 6) is -0.200. The first-order valence-electron chi connectivity index (χ1n) is 8.80. The molecule has 1 saturated heterocycles. The summed E-state index contributed by atoms with van der Waals surface area (Å²) in [6.45, 7) is 3.37. The Morgan fingerprint density at radius 2 is 1.73 bits per heavy atom. The van der Waals surface area contributed by atoms with Crippen molar-refractivity contribution < 1.29 is 4.79 Å². The van der Waals surface area contributed by atoms with Crippen molar-refractivity contribution in [1.82, 2.24) is 10.2 Å². The molecule has 0 bridgehead atoms. The number of hydrogen-bond acceptors (Lipinski definition) is 3. The van der Waals surface area contributed by atoms with Crippen molar-refractivity contribution in [1.29, 1.82) is 0 Å². The lowest BCUT2D eigenvalue weighted by molar-refractivity contribution is 0.0977. The molecule has 136 valence electrons. The van der Waals surface area contributed by atoms with Gasteiger partial charge in [0.25, 0.3) is 5.91 Å². The van der Waals surface area contributed by atoms with E-state index in [4.69, 9.17) is 12.2 Å². The lowest BCUT2D eigenvalue weighted by Gasteiger charge is -2.26. The number of carbonyl (C=O) groups is 1. The fourth-order valence-electron chi connectivity index (χ4n) is 3.05. The minimum atomic E-state index is -0.200. The maximum Gasteiger partial charge on any atom is 0.258 e. The van der Waals surface area contributed by atoms with Crippen molar-refractivity contribution in [3.63, 3.8) is 0 Å². The standard InChI is InChI=1S/C20H22IN3OS/c21-18-7-3-2-6-17(18)19(25)23-20(26)22-16-10-8-15(9-11-16)14-24-12-4-1-5-13-24/h2-3,6-11H,1,4-5,12-14H2,(H2,22,23,25,26). The average molecular weight is 479 g/mol. The second-order valence-electron chi connectivity index (χ2n) is 6.42. The Morgan fingerprint density at radius 3 is 2.42 bits per heavy atom. The molecule has 1 aliphatic rings. The van der Waals surface area contributed by atoms with E-state index in [1.54, 1.807) is 6.07 Å². The molecule has 3 rings (SSSR count). The average Bonchev–Trinajstić information content (AvgIpc) is 2.64. The number of piperidine rings is 1. The Morgan fingerprint density at radius 1 is 1.04 bits per heavy atom. The predicted molar refractivity (Wildman–Crippen MR) is 118 cm³/mol. The number of hydrogen-bond donors (Lipinski definition) is 2. The van der Waals surface area contributed by atoms with E-state index in [9.17, 15) is 4.79 Å². The van der Waals surface area contributed by atoms with Gasteiger partial charge in [-0.3, -0.25) is 15.0 Å². The number of likely N-dealkylation sites (tertiary alicyclic amines) is 1. The van der Waals surface area contributed by atoms with Gasteiger partial charge in [0, 0.05) is 15.8 Å². The quantitative estimate of drug-likeness (QED) is 0.504. The molecule has 0 spiro atoms. The van der Waals surface area contributed by atoms with Crippen LogP contribution in [0.1, 0.15) is 35.2 Å². The van der Waals surface area contributed by atoms with Crippen LogP contribution in [0.5, 0.6) is 0 Å². The Hall–Kier alpha value is -1.51. The molecular formula is C20H22IN3OS. The highest BCUT2D eigenvalue weighted by molar-refractivity contribution is 14.1. The SMILES string of the molecule is O=C(NC(=S)Nc1ccc(CN2CCCCC2)cc1)c1ccccc1I. The van der Waals surface area contributed by atoms with Crippen LogP contribution in [-0.2, 0) is 6.54 Å². The summed E-state index contributed by atoms with van der Waals surface area (Å²) in [5, 5.41) is 6.11. The monoisotopic (exact) mass is 479 g/mol. The van der Waals surface area contributed by atoms with Crippen LogP contribution < -0.4 is 10.6 Å². The van der Waals surface area contributed by atoms with Crippen molar-refractivity contribution in [2.45, 2.75) is 25.8 Å². The first kappa shape index (κ1) is 19.3. The molecule has 6 heteroatoms. The van der Waals surface area contributed by atoms with Crippen LogP contribution in [0.2, 0.25) is 0 Å². The van der Waals surface area contributed by atoms with Gasteiger partial charge in [0.15, 0.2) is 5.11 Å². The third-order valence-electron chi connectivity index (χ3n) is 4.41. The predicted octanol–water partition coefficient (Wildman–Crippen LogP) is 4.40. The lowest BCUT2D eigenvalue weighted by Crippen LogP contribution is -2.34. The van der Waals surface area contributed by atoms with Crippen LogP contribution in [0, 0.1) is 3.57 Å². The van der Waals surface area contributed by atoms with E-state index in [0.717, 1.165) is 15.8 Å². The molecule has 4 nitrogen and oxygen atoms in total. The fraction of sp³-hybridized carbons (Fsp3) is 0.300. The lowest BCUT2D eigenvalue weighted by atomic mass is 10.1. The van der Waals surface area contributed by atoms with E-state index in [-0.39, 0.29) is 5.91 Å². The van der Waals surface area contributed by atoms with Gasteiger partial charge < -0.3 is 5.32 Å². The minimum Gasteiger partial charge on any atom is -0.332 e. The summed E-state index contributed by atoms with van der Waals surface area (Å²) in [5.41, 5.74) is 2.79. The molecule has 1 heterocycles. The van der Waals surface area contributed by atoms with E-state index >= 15 is 0 Å². The number of nitrogens with zero attached hydrogens (tertiary/aromatic N) is 1. The van der Waals surface area contributed by atoms with Gasteiger partial charge in [0.05, 0.1) is 5.56 Å². The van der Waals surface area contributed by atoms with Crippen molar-refractivity contribution in [3.8, 4) is 0 Å². The molecule has 1 fully saturated rings. The first-order valence-corrected chi connectivity index (χ1v) is 10.3. The number of rotatable bonds is 4. The van der Waals surface area contributed by atoms with Gasteiger partial charge in [0.1, 0.15) is 0 Å². The molecule has 1 amide bonds. The highest BCUT2D eigenvalue weighted by atomic mass is 127.